The minimum atomic E-state index is 0.0260. The van der Waals surface area contributed by atoms with E-state index in [1.165, 1.54) is 5.56 Å². The molecule has 2 nitrogen and oxygen atoms in total. The molecule has 0 bridgehead atoms. The number of aryl methyl sites for hydroxylation is 1. The molecule has 0 aliphatic rings. The van der Waals surface area contributed by atoms with E-state index in [1.807, 2.05) is 43.3 Å². The fourth-order valence-corrected chi connectivity index (χ4v) is 2.06. The summed E-state index contributed by atoms with van der Waals surface area (Å²) >= 11 is 4.15. The lowest BCUT2D eigenvalue weighted by Crippen LogP contribution is -2.21. The molecule has 1 aromatic heterocycles. The van der Waals surface area contributed by atoms with Crippen LogP contribution in [-0.2, 0) is 12.8 Å². The number of benzene rings is 1. The Morgan fingerprint density at radius 1 is 1.12 bits per heavy atom. The van der Waals surface area contributed by atoms with Crippen LogP contribution in [0.3, 0.4) is 0 Å². The van der Waals surface area contributed by atoms with Crippen molar-refractivity contribution >= 4 is 12.6 Å². The van der Waals surface area contributed by atoms with Crippen molar-refractivity contribution in [2.45, 2.75) is 12.7 Å². The smallest absolute Gasteiger partial charge is 0.254 e. The second kappa shape index (κ2) is 4.80. The summed E-state index contributed by atoms with van der Waals surface area (Å²) in [6.07, 6.45) is 0. The number of thiol groups is 1. The Balaban J connectivity index is 2.57. The minimum absolute atomic E-state index is 0.0260. The van der Waals surface area contributed by atoms with Crippen molar-refractivity contribution in [1.29, 1.82) is 0 Å². The third-order valence-corrected chi connectivity index (χ3v) is 3.24. The predicted octanol–water partition coefficient (Wildman–Crippen LogP) is 2.79. The number of hydrogen-bond donors (Lipinski definition) is 1. The first kappa shape index (κ1) is 12.0. The molecule has 2 aromatic rings. The van der Waals surface area contributed by atoms with Crippen LogP contribution in [0.5, 0.6) is 0 Å². The van der Waals surface area contributed by atoms with Gasteiger partial charge in [0.05, 0.1) is 5.69 Å². The van der Waals surface area contributed by atoms with Crippen molar-refractivity contribution in [1.82, 2.24) is 4.57 Å². The molecule has 0 spiro atoms. The molecule has 0 atom stereocenters. The van der Waals surface area contributed by atoms with Crippen molar-refractivity contribution in [2.75, 3.05) is 0 Å². The maximum atomic E-state index is 12.0. The highest BCUT2D eigenvalue weighted by molar-refractivity contribution is 7.79. The Bertz CT molecular complexity index is 584. The molecule has 0 aliphatic heterocycles. The molecule has 17 heavy (non-hydrogen) atoms. The SMILES string of the molecule is Cc1ccc(-c2ccc(CS)c(=O)n2C)cc1. The summed E-state index contributed by atoms with van der Waals surface area (Å²) < 4.78 is 1.68. The van der Waals surface area contributed by atoms with Gasteiger partial charge >= 0.3 is 0 Å². The summed E-state index contributed by atoms with van der Waals surface area (Å²) in [4.78, 5) is 12.0. The number of aromatic nitrogens is 1. The van der Waals surface area contributed by atoms with Crippen molar-refractivity contribution < 1.29 is 0 Å². The van der Waals surface area contributed by atoms with Crippen LogP contribution in [0.4, 0.5) is 0 Å². The zero-order chi connectivity index (χ0) is 12.4. The van der Waals surface area contributed by atoms with E-state index in [1.54, 1.807) is 11.6 Å². The van der Waals surface area contributed by atoms with Crippen LogP contribution >= 0.6 is 12.6 Å². The van der Waals surface area contributed by atoms with Gasteiger partial charge in [-0.3, -0.25) is 4.79 Å². The van der Waals surface area contributed by atoms with E-state index in [9.17, 15) is 4.79 Å². The maximum absolute atomic E-state index is 12.0. The first-order valence-corrected chi connectivity index (χ1v) is 6.13. The molecule has 1 aromatic carbocycles. The molecule has 3 heteroatoms. The van der Waals surface area contributed by atoms with Crippen LogP contribution in [0.15, 0.2) is 41.2 Å². The molecule has 0 fully saturated rings. The van der Waals surface area contributed by atoms with Gasteiger partial charge in [-0.05, 0) is 18.6 Å². The Morgan fingerprint density at radius 2 is 1.76 bits per heavy atom. The van der Waals surface area contributed by atoms with Crippen LogP contribution in [0, 0.1) is 6.92 Å². The second-order valence-electron chi connectivity index (χ2n) is 4.13. The highest BCUT2D eigenvalue weighted by atomic mass is 32.1. The first-order chi connectivity index (χ1) is 8.13. The zero-order valence-electron chi connectivity index (χ0n) is 9.97. The Morgan fingerprint density at radius 3 is 2.35 bits per heavy atom. The van der Waals surface area contributed by atoms with E-state index in [4.69, 9.17) is 0 Å². The quantitative estimate of drug-likeness (QED) is 0.807. The Labute approximate surface area is 106 Å². The van der Waals surface area contributed by atoms with E-state index in [2.05, 4.69) is 12.6 Å². The topological polar surface area (TPSA) is 22.0 Å². The molecule has 0 radical (unpaired) electrons. The van der Waals surface area contributed by atoms with Gasteiger partial charge in [0, 0.05) is 18.4 Å². The molecular weight excluding hydrogens is 230 g/mol. The van der Waals surface area contributed by atoms with Gasteiger partial charge in [-0.2, -0.15) is 12.6 Å². The number of rotatable bonds is 2. The second-order valence-corrected chi connectivity index (χ2v) is 4.45. The van der Waals surface area contributed by atoms with Crippen LogP contribution in [-0.4, -0.2) is 4.57 Å². The summed E-state index contributed by atoms with van der Waals surface area (Å²) in [6.45, 7) is 2.05. The lowest BCUT2D eigenvalue weighted by molar-refractivity contribution is 0.857. The van der Waals surface area contributed by atoms with E-state index in [-0.39, 0.29) is 5.56 Å². The molecule has 2 rings (SSSR count). The molecule has 0 unspecified atom stereocenters. The molecule has 0 aliphatic carbocycles. The summed E-state index contributed by atoms with van der Waals surface area (Å²) in [5.41, 5.74) is 3.96. The summed E-state index contributed by atoms with van der Waals surface area (Å²) in [5.74, 6) is 0.473. The molecule has 0 saturated carbocycles. The largest absolute Gasteiger partial charge is 0.311 e. The molecule has 0 saturated heterocycles. The van der Waals surface area contributed by atoms with Gasteiger partial charge in [-0.25, -0.2) is 0 Å². The molecule has 1 heterocycles. The normalized spacial score (nSPS) is 10.5. The minimum Gasteiger partial charge on any atom is -0.311 e. The molecule has 0 N–H and O–H groups in total. The summed E-state index contributed by atoms with van der Waals surface area (Å²) in [7, 11) is 1.80. The average molecular weight is 245 g/mol. The summed E-state index contributed by atoms with van der Waals surface area (Å²) in [6, 6.07) is 12.0. The number of pyridine rings is 1. The lowest BCUT2D eigenvalue weighted by Gasteiger charge is -2.10. The third kappa shape index (κ3) is 2.29. The van der Waals surface area contributed by atoms with Gasteiger partial charge in [-0.15, -0.1) is 0 Å². The first-order valence-electron chi connectivity index (χ1n) is 5.50. The third-order valence-electron chi connectivity index (χ3n) is 2.90. The number of hydrogen-bond acceptors (Lipinski definition) is 2. The van der Waals surface area contributed by atoms with Crippen LogP contribution in [0.1, 0.15) is 11.1 Å². The van der Waals surface area contributed by atoms with Gasteiger partial charge in [0.2, 0.25) is 0 Å². The Kier molecular flexibility index (Phi) is 3.38. The molecule has 88 valence electrons. The van der Waals surface area contributed by atoms with Crippen molar-refractivity contribution in [3.8, 4) is 11.3 Å². The average Bonchev–Trinajstić information content (AvgIpc) is 2.34. The predicted molar refractivity (Wildman–Crippen MR) is 74.5 cm³/mol. The van der Waals surface area contributed by atoms with Crippen molar-refractivity contribution in [2.24, 2.45) is 7.05 Å². The van der Waals surface area contributed by atoms with Crippen LogP contribution < -0.4 is 5.56 Å². The Hall–Kier alpha value is -1.48. The highest BCUT2D eigenvalue weighted by Gasteiger charge is 2.06. The van der Waals surface area contributed by atoms with Gasteiger partial charge < -0.3 is 4.57 Å². The van der Waals surface area contributed by atoms with Gasteiger partial charge in [0.25, 0.3) is 5.56 Å². The van der Waals surface area contributed by atoms with Crippen LogP contribution in [0.2, 0.25) is 0 Å². The fourth-order valence-electron chi connectivity index (χ4n) is 1.82. The highest BCUT2D eigenvalue weighted by Crippen LogP contribution is 2.18. The monoisotopic (exact) mass is 245 g/mol. The zero-order valence-corrected chi connectivity index (χ0v) is 10.9. The van der Waals surface area contributed by atoms with Crippen molar-refractivity contribution in [3.63, 3.8) is 0 Å². The van der Waals surface area contributed by atoms with E-state index in [0.717, 1.165) is 16.8 Å². The maximum Gasteiger partial charge on any atom is 0.254 e. The van der Waals surface area contributed by atoms with E-state index < -0.39 is 0 Å². The standard InChI is InChI=1S/C14H15NOS/c1-10-3-5-11(6-4-10)13-8-7-12(9-17)14(16)15(13)2/h3-8,17H,9H2,1-2H3. The number of nitrogens with zero attached hydrogens (tertiary/aromatic N) is 1. The van der Waals surface area contributed by atoms with E-state index >= 15 is 0 Å². The lowest BCUT2D eigenvalue weighted by atomic mass is 10.1. The van der Waals surface area contributed by atoms with Gasteiger partial charge in [0.15, 0.2) is 0 Å². The van der Waals surface area contributed by atoms with Crippen LogP contribution in [0.25, 0.3) is 11.3 Å². The molecule has 0 amide bonds. The van der Waals surface area contributed by atoms with Gasteiger partial charge in [-0.1, -0.05) is 35.9 Å². The molecular formula is C14H15NOS. The summed E-state index contributed by atoms with van der Waals surface area (Å²) in [5, 5.41) is 0. The van der Waals surface area contributed by atoms with Gasteiger partial charge in [0.1, 0.15) is 0 Å². The van der Waals surface area contributed by atoms with E-state index in [0.29, 0.717) is 5.75 Å². The van der Waals surface area contributed by atoms with Crippen molar-refractivity contribution in [3.05, 3.63) is 57.9 Å². The fraction of sp³-hybridized carbons (Fsp3) is 0.214.